The van der Waals surface area contributed by atoms with E-state index in [4.69, 9.17) is 13.9 Å². The Morgan fingerprint density at radius 3 is 2.18 bits per heavy atom. The number of hydrogen-bond acceptors (Lipinski definition) is 16. The van der Waals surface area contributed by atoms with Crippen LogP contribution in [0.3, 0.4) is 0 Å². The molecule has 87 heavy (non-hydrogen) atoms. The fourth-order valence-electron chi connectivity index (χ4n) is 9.76. The summed E-state index contributed by atoms with van der Waals surface area (Å²) in [6.45, 7) is 7.37. The Balaban J connectivity index is 0.953. The summed E-state index contributed by atoms with van der Waals surface area (Å²) in [4.78, 5) is 118. The van der Waals surface area contributed by atoms with E-state index in [0.717, 1.165) is 21.8 Å². The lowest BCUT2D eigenvalue weighted by atomic mass is 9.90. The van der Waals surface area contributed by atoms with Gasteiger partial charge in [0.25, 0.3) is 0 Å². The molecule has 1 aliphatic heterocycles. The molecule has 21 nitrogen and oxygen atoms in total. The molecule has 1 aliphatic carbocycles. The van der Waals surface area contributed by atoms with Crippen molar-refractivity contribution in [3.8, 4) is 28.2 Å². The zero-order chi connectivity index (χ0) is 62.1. The number of urea groups is 1. The van der Waals surface area contributed by atoms with E-state index in [1.807, 2.05) is 93.7 Å². The van der Waals surface area contributed by atoms with Gasteiger partial charge in [0.1, 0.15) is 35.8 Å². The van der Waals surface area contributed by atoms with Gasteiger partial charge in [-0.15, -0.1) is 22.7 Å². The number of nitrogens with zero attached hydrogens (tertiary/aromatic N) is 3. The van der Waals surface area contributed by atoms with Crippen molar-refractivity contribution in [3.05, 3.63) is 175 Å². The van der Waals surface area contributed by atoms with E-state index in [-0.39, 0.29) is 103 Å². The Morgan fingerprint density at radius 1 is 0.782 bits per heavy atom. The van der Waals surface area contributed by atoms with Gasteiger partial charge < -0.3 is 55.6 Å². The Labute approximate surface area is 509 Å². The van der Waals surface area contributed by atoms with Crippen molar-refractivity contribution in [1.82, 2.24) is 36.1 Å². The second-order valence-corrected chi connectivity index (χ2v) is 23.4. The van der Waals surface area contributed by atoms with Gasteiger partial charge in [-0.1, -0.05) is 94.4 Å². The van der Waals surface area contributed by atoms with Crippen molar-refractivity contribution >= 4 is 81.1 Å². The van der Waals surface area contributed by atoms with Crippen molar-refractivity contribution in [2.75, 3.05) is 18.9 Å². The number of ether oxygens (including phenoxy) is 2. The number of carbonyl (C=O) groups is 7. The van der Waals surface area contributed by atoms with Crippen LogP contribution in [0.1, 0.15) is 96.4 Å². The second kappa shape index (κ2) is 30.0. The molecule has 0 radical (unpaired) electrons. The smallest absolute Gasteiger partial charge is 0.407 e. The number of phenols is 1. The molecule has 8 rings (SSSR count). The van der Waals surface area contributed by atoms with E-state index in [1.54, 1.807) is 24.8 Å². The van der Waals surface area contributed by atoms with Crippen LogP contribution in [0.2, 0.25) is 0 Å². The van der Waals surface area contributed by atoms with Crippen LogP contribution in [0, 0.1) is 5.92 Å². The lowest BCUT2D eigenvalue weighted by Crippen LogP contribution is -2.56. The molecule has 4 aromatic carbocycles. The summed E-state index contributed by atoms with van der Waals surface area (Å²) in [7, 11) is 1.63. The topological polar surface area (TPSA) is 298 Å². The number of carbonyl (C=O) groups excluding carboxylic acids is 6. The molecule has 6 amide bonds. The van der Waals surface area contributed by atoms with Gasteiger partial charge in [0.05, 0.1) is 45.8 Å². The van der Waals surface area contributed by atoms with E-state index in [0.29, 0.717) is 21.4 Å². The molecule has 6 aromatic rings. The van der Waals surface area contributed by atoms with Gasteiger partial charge >= 0.3 is 24.1 Å². The third kappa shape index (κ3) is 18.0. The maximum Gasteiger partial charge on any atom is 0.407 e. The molecule has 23 heteroatoms. The van der Waals surface area contributed by atoms with Crippen LogP contribution in [0.25, 0.3) is 33.4 Å². The number of fused-ring (bicyclic) bond motifs is 2. The van der Waals surface area contributed by atoms with Gasteiger partial charge in [-0.25, -0.2) is 19.4 Å². The number of alkyl carbamates (subject to hydrolysis) is 1. The van der Waals surface area contributed by atoms with Crippen molar-refractivity contribution in [2.45, 2.75) is 110 Å². The number of carboxylic acids is 1. The van der Waals surface area contributed by atoms with E-state index in [1.165, 1.54) is 76.1 Å². The highest BCUT2D eigenvalue weighted by Gasteiger charge is 2.34. The molecule has 2 aromatic heterocycles. The first-order valence-corrected chi connectivity index (χ1v) is 30.0. The fourth-order valence-corrected chi connectivity index (χ4v) is 11.1. The van der Waals surface area contributed by atoms with Crippen molar-refractivity contribution < 1.29 is 57.7 Å². The minimum absolute atomic E-state index is 0.0161. The Morgan fingerprint density at radius 2 is 1.51 bits per heavy atom. The zero-order valence-electron chi connectivity index (χ0n) is 48.6. The average molecular weight is 1220 g/mol. The summed E-state index contributed by atoms with van der Waals surface area (Å²) in [6, 6.07) is 28.1. The van der Waals surface area contributed by atoms with E-state index in [9.17, 15) is 48.6 Å². The Bertz CT molecular complexity index is 3730. The van der Waals surface area contributed by atoms with E-state index < -0.39 is 72.6 Å². The molecule has 454 valence electrons. The molecular weight excluding hydrogens is 1150 g/mol. The fraction of sp³-hybridized carbons (Fsp3) is 0.312. The SMILES string of the molecule is CC(C)c1nc(CN(C)C(=O)N[C@H](C(=O)N[C@@H](Cc2ccccc2)C[C@H](OC(=O)CCCC(=O)NCC(=O)Nc2ccc(-c3c4ccc(=O)cc-4oc4cc(O)ccc34)c(C(=O)O)c2)[C@H](Cc2ccccc2)NC(=O)OCc2cncs2)C(C)C)cs1. The van der Waals surface area contributed by atoms with Gasteiger partial charge in [-0.2, -0.15) is 0 Å². The van der Waals surface area contributed by atoms with Gasteiger partial charge in [0.15, 0.2) is 5.43 Å². The van der Waals surface area contributed by atoms with Crippen LogP contribution in [-0.4, -0.2) is 105 Å². The summed E-state index contributed by atoms with van der Waals surface area (Å²) in [5.41, 5.74) is 4.84. The maximum absolute atomic E-state index is 14.5. The molecule has 2 aliphatic rings. The summed E-state index contributed by atoms with van der Waals surface area (Å²) < 4.78 is 17.8. The first-order valence-electron chi connectivity index (χ1n) is 28.2. The summed E-state index contributed by atoms with van der Waals surface area (Å²) in [5.74, 6) is -3.86. The number of hydrogen-bond donors (Lipinski definition) is 7. The summed E-state index contributed by atoms with van der Waals surface area (Å²) in [6.07, 6.45) is -0.434. The third-order valence-corrected chi connectivity index (χ3v) is 16.0. The predicted molar refractivity (Wildman–Crippen MR) is 329 cm³/mol. The number of rotatable bonds is 27. The Kier molecular flexibility index (Phi) is 21.9. The highest BCUT2D eigenvalue weighted by molar-refractivity contribution is 7.09. The molecule has 0 spiro atoms. The quantitative estimate of drug-likeness (QED) is 0.0186. The lowest BCUT2D eigenvalue weighted by molar-refractivity contribution is -0.151. The number of nitrogens with one attached hydrogen (secondary N) is 5. The normalized spacial score (nSPS) is 12.6. The first kappa shape index (κ1) is 63.5. The molecule has 0 bridgehead atoms. The van der Waals surface area contributed by atoms with Crippen LogP contribution >= 0.6 is 22.7 Å². The molecule has 0 saturated heterocycles. The van der Waals surface area contributed by atoms with Gasteiger partial charge in [-0.3, -0.25) is 29.0 Å². The number of anilines is 1. The number of phenolic OH excluding ortho intramolecular Hbond substituents is 1. The van der Waals surface area contributed by atoms with Gasteiger partial charge in [-0.05, 0) is 78.3 Å². The van der Waals surface area contributed by atoms with Crippen molar-refractivity contribution in [3.63, 3.8) is 0 Å². The summed E-state index contributed by atoms with van der Waals surface area (Å²) >= 11 is 2.83. The zero-order valence-corrected chi connectivity index (χ0v) is 50.2. The maximum atomic E-state index is 14.5. The van der Waals surface area contributed by atoms with Gasteiger partial charge in [0.2, 0.25) is 17.7 Å². The van der Waals surface area contributed by atoms with Crippen LogP contribution in [-0.2, 0) is 54.6 Å². The number of aromatic nitrogens is 2. The number of aromatic carboxylic acids is 1. The molecule has 0 unspecified atom stereocenters. The molecule has 0 fully saturated rings. The number of aromatic hydroxyl groups is 1. The molecule has 3 heterocycles. The average Bonchev–Trinajstić information content (AvgIpc) is 1.35. The monoisotopic (exact) mass is 1220 g/mol. The van der Waals surface area contributed by atoms with Crippen molar-refractivity contribution in [2.24, 2.45) is 5.92 Å². The molecule has 7 N–H and O–H groups in total. The predicted octanol–water partition coefficient (Wildman–Crippen LogP) is 9.66. The van der Waals surface area contributed by atoms with Crippen LogP contribution in [0.15, 0.2) is 142 Å². The lowest BCUT2D eigenvalue weighted by Gasteiger charge is -2.32. The number of esters is 1. The molecular formula is C64H68N8O13S2. The summed E-state index contributed by atoms with van der Waals surface area (Å²) in [5, 5.41) is 38.1. The van der Waals surface area contributed by atoms with Crippen LogP contribution < -0.4 is 32.0 Å². The van der Waals surface area contributed by atoms with Crippen LogP contribution in [0.5, 0.6) is 5.75 Å². The third-order valence-electron chi connectivity index (χ3n) is 14.1. The van der Waals surface area contributed by atoms with Crippen molar-refractivity contribution in [1.29, 1.82) is 0 Å². The minimum Gasteiger partial charge on any atom is -0.508 e. The van der Waals surface area contributed by atoms with Gasteiger partial charge in [0, 0.05) is 84.2 Å². The van der Waals surface area contributed by atoms with E-state index >= 15 is 0 Å². The number of carboxylic acid groups (broad SMARTS) is 1. The minimum atomic E-state index is -1.32. The Hall–Kier alpha value is -9.48. The second-order valence-electron chi connectivity index (χ2n) is 21.6. The standard InChI is InChI=1S/C64H68N8O13S2/c1-37(2)59(71-63(81)72(5)33-43-35-86-61(69-43)38(3)4)60(78)68-42(25-39-13-8-6-9-14-39)28-54(51(26-40-15-10-7-11-16-40)70-64(82)83-34-46-31-65-36-87-46)85-57(77)18-12-17-55(75)66-32-56(76)67-41-19-22-47(50(27-41)62(79)80)58-48-23-20-44(73)29-52(48)84-53-30-45(74)21-24-49(53)58/h6-11,13-16,19-24,27,29-31,35-38,42,51,54,59,73H,12,17-18,25-26,28,32-34H2,1-5H3,(H,66,75)(H,67,76)(H,68,78)(H,70,82)(H,71,81)(H,79,80)/t42-,51-,54-,59-/m0/s1. The largest absolute Gasteiger partial charge is 0.508 e. The number of thiazole rings is 2. The molecule has 4 atom stereocenters. The number of benzene rings is 5. The van der Waals surface area contributed by atoms with Crippen LogP contribution in [0.4, 0.5) is 15.3 Å². The highest BCUT2D eigenvalue weighted by Crippen LogP contribution is 2.42. The molecule has 0 saturated carbocycles. The highest BCUT2D eigenvalue weighted by atomic mass is 32.1. The first-order chi connectivity index (χ1) is 41.8. The van der Waals surface area contributed by atoms with E-state index in [2.05, 4.69) is 36.6 Å². The number of amides is 6.